The van der Waals surface area contributed by atoms with Gasteiger partial charge in [-0.05, 0) is 188 Å². The number of hydrogen-bond acceptors (Lipinski definition) is 27. The van der Waals surface area contributed by atoms with Crippen LogP contribution < -0.4 is 45.3 Å². The van der Waals surface area contributed by atoms with E-state index < -0.39 is 56.9 Å². The van der Waals surface area contributed by atoms with Crippen molar-refractivity contribution in [2.24, 2.45) is 0 Å². The van der Waals surface area contributed by atoms with Crippen molar-refractivity contribution in [3.63, 3.8) is 0 Å². The molecule has 2 saturated heterocycles. The van der Waals surface area contributed by atoms with Gasteiger partial charge in [-0.15, -0.1) is 22.7 Å². The number of phenolic OH excluding ortho intramolecular Hbond substituents is 2. The van der Waals surface area contributed by atoms with Crippen LogP contribution >= 0.6 is 79.8 Å². The van der Waals surface area contributed by atoms with Gasteiger partial charge >= 0.3 is 18.2 Å². The number of phenols is 2. The van der Waals surface area contributed by atoms with Crippen LogP contribution in [0.3, 0.4) is 0 Å². The summed E-state index contributed by atoms with van der Waals surface area (Å²) in [6, 6.07) is 48.2. The predicted molar refractivity (Wildman–Crippen MR) is 488 cm³/mol. The van der Waals surface area contributed by atoms with Crippen molar-refractivity contribution in [1.29, 1.82) is 0 Å². The Morgan fingerprint density at radius 3 is 1.28 bits per heavy atom. The summed E-state index contributed by atoms with van der Waals surface area (Å²) < 4.78 is 155. The fourth-order valence-electron chi connectivity index (χ4n) is 11.3. The Hall–Kier alpha value is -11.1. The largest absolute Gasteiger partial charge is 0.508 e. The lowest BCUT2D eigenvalue weighted by Gasteiger charge is -2.34. The SMILES string of the molecule is Cc1ccc(N)cc1O.Cc1ccc(NS(=O)(=O)c2ccccc2Cl)cc1O.Cc1ccc(NS(=O)(=O)c2ccccc2Cl)cc1Oc1ncsc1-c1ccnc(N[C@H]2CCCN(C(=O)OC(C)(C)C)C2)n1.Cc1ccc(NS(=O)(=O)c2ccccc2Cl)cc1Oc1ncsc1-c1ccnc(N[C@H]2CCCNC2)n1.O=C(O)C(F)(F)F.O=S(=O)(Cl)c1ccccc1Cl. The normalized spacial score (nSPS) is 13.9. The average Bonchev–Trinajstić information content (AvgIpc) is 1.81. The lowest BCUT2D eigenvalue weighted by molar-refractivity contribution is -0.192. The first kappa shape index (κ1) is 99.7. The lowest BCUT2D eigenvalue weighted by atomic mass is 10.1. The highest BCUT2D eigenvalue weighted by Crippen LogP contribution is 2.41. The van der Waals surface area contributed by atoms with Gasteiger partial charge in [0, 0.05) is 84.7 Å². The molecule has 8 aromatic carbocycles. The molecule has 0 spiro atoms. The highest BCUT2D eigenvalue weighted by atomic mass is 35.7. The first-order chi connectivity index (χ1) is 59.8. The molecule has 674 valence electrons. The molecule has 44 heteroatoms. The number of nitrogens with one attached hydrogen (secondary N) is 6. The number of carboxylic acid groups (broad SMARTS) is 1. The summed E-state index contributed by atoms with van der Waals surface area (Å²) in [5, 5.41) is 36.4. The van der Waals surface area contributed by atoms with Gasteiger partial charge in [-0.25, -0.2) is 73.2 Å². The van der Waals surface area contributed by atoms with Crippen molar-refractivity contribution in [2.45, 2.75) is 118 Å². The summed E-state index contributed by atoms with van der Waals surface area (Å²) in [6.45, 7) is 15.8. The van der Waals surface area contributed by atoms with Crippen molar-refractivity contribution in [2.75, 3.05) is 56.7 Å². The lowest BCUT2D eigenvalue weighted by Crippen LogP contribution is -2.47. The van der Waals surface area contributed by atoms with Gasteiger partial charge in [0.05, 0.1) is 59.6 Å². The number of thiazole rings is 2. The van der Waals surface area contributed by atoms with E-state index >= 15 is 0 Å². The Morgan fingerprint density at radius 1 is 0.528 bits per heavy atom. The van der Waals surface area contributed by atoms with Crippen LogP contribution in [-0.2, 0) is 48.7 Å². The third-order valence-corrected chi connectivity index (χ3v) is 26.7. The maximum atomic E-state index is 13.0. The van der Waals surface area contributed by atoms with Crippen LogP contribution in [0.4, 0.5) is 52.6 Å². The molecule has 2 aliphatic heterocycles. The number of carboxylic acids is 1. The Labute approximate surface area is 763 Å². The highest BCUT2D eigenvalue weighted by Gasteiger charge is 2.38. The molecule has 0 aliphatic carbocycles. The van der Waals surface area contributed by atoms with E-state index in [0.717, 1.165) is 60.3 Å². The average molecular weight is 1960 g/mol. The number of aliphatic carboxylic acids is 1. The van der Waals surface area contributed by atoms with Crippen molar-refractivity contribution in [1.82, 2.24) is 40.1 Å². The van der Waals surface area contributed by atoms with E-state index in [4.69, 9.17) is 97.0 Å². The molecule has 4 aromatic heterocycles. The molecular formula is C83H84Cl5F3N14O16S6. The van der Waals surface area contributed by atoms with E-state index in [9.17, 15) is 56.7 Å². The fourth-order valence-corrected chi connectivity index (χ4v) is 18.9. The molecule has 12 aromatic rings. The molecule has 6 heterocycles. The van der Waals surface area contributed by atoms with E-state index in [0.29, 0.717) is 87.1 Å². The van der Waals surface area contributed by atoms with Gasteiger partial charge in [0.15, 0.2) is 0 Å². The minimum atomic E-state index is -5.08. The van der Waals surface area contributed by atoms with Crippen LogP contribution in [0.5, 0.6) is 34.8 Å². The number of ether oxygens (including phenoxy) is 3. The van der Waals surface area contributed by atoms with E-state index in [1.165, 1.54) is 83.3 Å². The highest BCUT2D eigenvalue weighted by molar-refractivity contribution is 8.13. The monoisotopic (exact) mass is 1960 g/mol. The molecule has 0 saturated carbocycles. The first-order valence-electron chi connectivity index (χ1n) is 37.8. The number of alkyl halides is 3. The quantitative estimate of drug-likeness (QED) is 0.0250. The van der Waals surface area contributed by atoms with Crippen LogP contribution in [0, 0.1) is 27.7 Å². The number of hydrogen-bond donors (Lipinski definition) is 10. The van der Waals surface area contributed by atoms with Crippen molar-refractivity contribution >= 4 is 166 Å². The van der Waals surface area contributed by atoms with Gasteiger partial charge in [0.25, 0.3) is 39.1 Å². The summed E-state index contributed by atoms with van der Waals surface area (Å²) in [5.41, 5.74) is 14.1. The summed E-state index contributed by atoms with van der Waals surface area (Å²) in [5.74, 6) is 0.0935. The summed E-state index contributed by atoms with van der Waals surface area (Å²) in [6.07, 6.45) is 1.80. The number of benzene rings is 8. The third-order valence-electron chi connectivity index (χ3n) is 17.6. The zero-order chi connectivity index (χ0) is 92.8. The number of piperidine rings is 2. The molecule has 11 N–H and O–H groups in total. The summed E-state index contributed by atoms with van der Waals surface area (Å²) in [4.78, 5) is 51.4. The van der Waals surface area contributed by atoms with Crippen LogP contribution in [0.1, 0.15) is 68.7 Å². The number of halogens is 8. The Balaban J connectivity index is 0.000000194. The number of nitrogens with two attached hydrogens (primary N) is 1. The molecule has 127 heavy (non-hydrogen) atoms. The number of nitrogens with zero attached hydrogens (tertiary/aromatic N) is 7. The minimum Gasteiger partial charge on any atom is -0.508 e. The second kappa shape index (κ2) is 44.6. The number of sulfonamides is 3. The molecule has 2 aliphatic rings. The molecule has 0 unspecified atom stereocenters. The van der Waals surface area contributed by atoms with Crippen molar-refractivity contribution < 1.29 is 86.0 Å². The maximum Gasteiger partial charge on any atom is 0.490 e. The van der Waals surface area contributed by atoms with E-state index in [1.54, 1.807) is 150 Å². The number of likely N-dealkylation sites (tertiary alicyclic amines) is 1. The summed E-state index contributed by atoms with van der Waals surface area (Å²) in [7, 11) is -10.2. The number of carbonyl (C=O) groups is 2. The first-order valence-corrected chi connectivity index (χ1v) is 47.8. The standard InChI is InChI=1S/C30H33ClN6O5S2.C25H25ClN6O3S2.C13H12ClNO3S.C7H9NO.C6H4Cl2O2S.C2HF3O2/c1-19-11-12-20(36-44(39,40)25-10-6-5-9-22(25)31)16-24(19)41-27-26(43-18-33-27)23-13-14-32-28(35-23)34-21-8-7-15-37(17-21)29(38)42-30(2,3)4;1-16-8-9-17(32-37(33,34)22-7-3-2-6-19(22)26)13-21(16)35-24-23(36-15-29-24)20-10-12-28-25(31-20)30-18-5-4-11-27-14-18;1-9-6-7-10(8-12(9)16)15-19(17,18)13-5-3-2-4-11(13)14;1-5-2-3-6(8)4-7(5)9;7-5-3-1-2-4-6(5)11(8,9)10;3-2(4,5)1(6)7/h5-6,9-14,16,18,21,36H,7-8,15,17H2,1-4H3,(H,32,34,35);2-3,6-10,12-13,15,18,27,32H,4-5,11,14H2,1H3,(H,28,30,31);2-8,15-16H,1H3;2-4,9H,8H2,1H3;1-4H;(H,6,7)/t21-;18-;;;;/m00..../s1. The number of anilines is 6. The van der Waals surface area contributed by atoms with Crippen LogP contribution in [-0.4, -0.2) is 146 Å². The second-order valence-electron chi connectivity index (χ2n) is 28.6. The van der Waals surface area contributed by atoms with Gasteiger partial charge in [-0.3, -0.25) is 14.2 Å². The molecule has 2 fully saturated rings. The topological polar surface area (TPSA) is 438 Å². The van der Waals surface area contributed by atoms with Crippen molar-refractivity contribution in [3.05, 3.63) is 248 Å². The fraction of sp³-hybridized carbons (Fsp3) is 0.229. The van der Waals surface area contributed by atoms with Gasteiger partial charge < -0.3 is 56.1 Å². The van der Waals surface area contributed by atoms with Gasteiger partial charge in [-0.2, -0.15) is 13.2 Å². The Bertz CT molecular complexity index is 6340. The van der Waals surface area contributed by atoms with E-state index in [2.05, 4.69) is 55.0 Å². The Kier molecular flexibility index (Phi) is 35.0. The zero-order valence-electron chi connectivity index (χ0n) is 68.3. The van der Waals surface area contributed by atoms with Gasteiger partial charge in [0.1, 0.15) is 57.9 Å². The molecular weight excluding hydrogens is 1880 g/mol. The smallest absolute Gasteiger partial charge is 0.490 e. The van der Waals surface area contributed by atoms with Crippen LogP contribution in [0.15, 0.2) is 225 Å². The molecule has 0 bridgehead atoms. The number of carbonyl (C=O) groups excluding carboxylic acids is 1. The van der Waals surface area contributed by atoms with Crippen LogP contribution in [0.25, 0.3) is 21.1 Å². The zero-order valence-corrected chi connectivity index (χ0v) is 77.0. The second-order valence-corrected chi connectivity index (χ2v) is 39.4. The van der Waals surface area contributed by atoms with Gasteiger partial charge in [-0.1, -0.05) is 119 Å². The number of rotatable bonds is 20. The maximum absolute atomic E-state index is 13.0. The van der Waals surface area contributed by atoms with Gasteiger partial charge in [0.2, 0.25) is 23.7 Å². The number of aromatic nitrogens is 6. The number of nitrogen functional groups attached to an aromatic ring is 1. The number of amides is 1. The third kappa shape index (κ3) is 30.0. The minimum absolute atomic E-state index is 0.00122. The number of aromatic hydroxyl groups is 2. The molecule has 14 rings (SSSR count). The van der Waals surface area contributed by atoms with E-state index in [1.807, 2.05) is 47.6 Å². The Morgan fingerprint density at radius 2 is 0.913 bits per heavy atom. The predicted octanol–water partition coefficient (Wildman–Crippen LogP) is 19.6. The van der Waals surface area contributed by atoms with Crippen molar-refractivity contribution in [3.8, 4) is 55.9 Å². The molecule has 1 amide bonds. The summed E-state index contributed by atoms with van der Waals surface area (Å²) >= 11 is 26.4. The number of aryl methyl sites for hydroxylation is 4. The van der Waals surface area contributed by atoms with Crippen LogP contribution in [0.2, 0.25) is 20.1 Å². The molecule has 30 nitrogen and oxygen atoms in total. The molecule has 0 radical (unpaired) electrons. The van der Waals surface area contributed by atoms with E-state index in [-0.39, 0.29) is 75.0 Å². The molecule has 2 atom stereocenters.